The summed E-state index contributed by atoms with van der Waals surface area (Å²) in [5.41, 5.74) is 6.17. The number of likely N-dealkylation sites (tertiary alicyclic amines) is 1. The van der Waals surface area contributed by atoms with Crippen LogP contribution >= 0.6 is 11.6 Å². The lowest BCUT2D eigenvalue weighted by Gasteiger charge is -2.40. The van der Waals surface area contributed by atoms with Crippen LogP contribution in [-0.4, -0.2) is 53.0 Å². The maximum absolute atomic E-state index is 13.3. The van der Waals surface area contributed by atoms with Crippen LogP contribution in [0.25, 0.3) is 22.4 Å². The fourth-order valence-corrected chi connectivity index (χ4v) is 8.09. The van der Waals surface area contributed by atoms with Gasteiger partial charge in [-0.1, -0.05) is 35.9 Å². The number of benzene rings is 3. The molecule has 1 aromatic heterocycles. The first-order chi connectivity index (χ1) is 20.5. The molecule has 42 heavy (non-hydrogen) atoms. The lowest BCUT2D eigenvalue weighted by atomic mass is 9.73. The molecule has 214 valence electrons. The minimum atomic E-state index is 0.0214. The molecule has 0 bridgehead atoms. The first kappa shape index (κ1) is 26.0. The summed E-state index contributed by atoms with van der Waals surface area (Å²) < 4.78 is 5.50. The van der Waals surface area contributed by atoms with E-state index >= 15 is 0 Å². The molecule has 3 fully saturated rings. The highest BCUT2D eigenvalue weighted by atomic mass is 35.5. The van der Waals surface area contributed by atoms with E-state index < -0.39 is 0 Å². The van der Waals surface area contributed by atoms with Crippen LogP contribution in [0.1, 0.15) is 42.7 Å². The molecule has 3 heterocycles. The van der Waals surface area contributed by atoms with Gasteiger partial charge in [0.25, 0.3) is 0 Å². The molecule has 1 saturated carbocycles. The first-order valence-electron chi connectivity index (χ1n) is 15.0. The van der Waals surface area contributed by atoms with Crippen molar-refractivity contribution in [3.05, 3.63) is 82.9 Å². The third-order valence-electron chi connectivity index (χ3n) is 10.2. The Balaban J connectivity index is 0.920. The lowest BCUT2D eigenvalue weighted by Crippen LogP contribution is -2.45. The molecule has 2 aliphatic heterocycles. The number of anilines is 1. The van der Waals surface area contributed by atoms with Crippen molar-refractivity contribution in [1.29, 1.82) is 0 Å². The van der Waals surface area contributed by atoms with E-state index in [1.165, 1.54) is 11.1 Å². The largest absolute Gasteiger partial charge is 0.381 e. The monoisotopic (exact) mass is 580 g/mol. The van der Waals surface area contributed by atoms with Crippen LogP contribution in [-0.2, 0) is 19.7 Å². The Morgan fingerprint density at radius 1 is 1.02 bits per heavy atom. The molecule has 8 heteroatoms. The fourth-order valence-electron chi connectivity index (χ4n) is 7.92. The Labute approximate surface area is 249 Å². The molecule has 0 radical (unpaired) electrons. The van der Waals surface area contributed by atoms with Gasteiger partial charge in [-0.3, -0.25) is 9.59 Å². The minimum Gasteiger partial charge on any atom is -0.381 e. The summed E-state index contributed by atoms with van der Waals surface area (Å²) >= 11 is 6.11. The zero-order chi connectivity index (χ0) is 28.4. The summed E-state index contributed by atoms with van der Waals surface area (Å²) in [5, 5.41) is 3.78. The molecule has 8 rings (SSSR count). The van der Waals surface area contributed by atoms with Gasteiger partial charge in [-0.15, -0.1) is 0 Å². The second-order valence-corrected chi connectivity index (χ2v) is 13.0. The maximum Gasteiger partial charge on any atom is 0.226 e. The highest BCUT2D eigenvalue weighted by Gasteiger charge is 2.59. The van der Waals surface area contributed by atoms with Gasteiger partial charge in [0.05, 0.1) is 24.2 Å². The van der Waals surface area contributed by atoms with Gasteiger partial charge < -0.3 is 19.9 Å². The fraction of sp³-hybridized carbons (Fsp3) is 0.382. The average Bonchev–Trinajstić information content (AvgIpc) is 3.31. The number of aromatic nitrogens is 2. The van der Waals surface area contributed by atoms with Gasteiger partial charge in [-0.05, 0) is 96.0 Å². The molecule has 4 atom stereocenters. The number of H-pyrrole nitrogens is 1. The van der Waals surface area contributed by atoms with Crippen LogP contribution in [0.15, 0.2) is 66.7 Å². The summed E-state index contributed by atoms with van der Waals surface area (Å²) in [5.74, 6) is 2.38. The van der Waals surface area contributed by atoms with E-state index in [0.717, 1.165) is 73.7 Å². The Bertz CT molecular complexity index is 1680. The van der Waals surface area contributed by atoms with Crippen molar-refractivity contribution in [2.24, 2.45) is 17.8 Å². The van der Waals surface area contributed by atoms with Gasteiger partial charge >= 0.3 is 0 Å². The Morgan fingerprint density at radius 2 is 1.79 bits per heavy atom. The maximum atomic E-state index is 13.3. The Morgan fingerprint density at radius 3 is 2.57 bits per heavy atom. The van der Waals surface area contributed by atoms with Crippen LogP contribution in [0.4, 0.5) is 5.69 Å². The van der Waals surface area contributed by atoms with E-state index in [1.807, 2.05) is 42.5 Å². The van der Waals surface area contributed by atoms with Crippen molar-refractivity contribution in [2.45, 2.75) is 37.0 Å². The Hall–Kier alpha value is -3.68. The summed E-state index contributed by atoms with van der Waals surface area (Å²) in [6.07, 6.45) is 3.32. The van der Waals surface area contributed by atoms with Crippen LogP contribution in [0.3, 0.4) is 0 Å². The topological polar surface area (TPSA) is 87.3 Å². The van der Waals surface area contributed by atoms with Crippen LogP contribution in [0.2, 0.25) is 5.02 Å². The third kappa shape index (κ3) is 4.41. The number of hydrogen-bond acceptors (Lipinski definition) is 4. The predicted molar refractivity (Wildman–Crippen MR) is 162 cm³/mol. The number of ether oxygens (including phenoxy) is 1. The number of halogens is 1. The van der Waals surface area contributed by atoms with E-state index in [0.29, 0.717) is 29.2 Å². The number of nitrogens with one attached hydrogen (secondary N) is 2. The molecule has 4 aromatic rings. The number of nitrogens with zero attached hydrogens (tertiary/aromatic N) is 2. The molecule has 7 nitrogen and oxygen atoms in total. The molecule has 2 saturated heterocycles. The van der Waals surface area contributed by atoms with Gasteiger partial charge in [0.1, 0.15) is 5.82 Å². The number of imidazole rings is 1. The quantitative estimate of drug-likeness (QED) is 0.296. The highest BCUT2D eigenvalue weighted by Crippen LogP contribution is 2.55. The normalized spacial score (nSPS) is 25.4. The number of aromatic amines is 1. The van der Waals surface area contributed by atoms with Gasteiger partial charge in [0, 0.05) is 41.7 Å². The zero-order valence-corrected chi connectivity index (χ0v) is 24.1. The summed E-state index contributed by atoms with van der Waals surface area (Å²) in [4.78, 5) is 36.5. The van der Waals surface area contributed by atoms with Gasteiger partial charge in [-0.2, -0.15) is 0 Å². The molecule has 3 aromatic carbocycles. The van der Waals surface area contributed by atoms with Crippen molar-refractivity contribution >= 4 is 40.1 Å². The molecule has 1 spiro atoms. The van der Waals surface area contributed by atoms with Crippen molar-refractivity contribution in [3.8, 4) is 11.4 Å². The van der Waals surface area contributed by atoms with Crippen molar-refractivity contribution in [2.75, 3.05) is 31.6 Å². The molecule has 2 amide bonds. The number of carbonyl (C=O) groups is 2. The third-order valence-corrected chi connectivity index (χ3v) is 10.4. The van der Waals surface area contributed by atoms with Crippen LogP contribution in [0.5, 0.6) is 0 Å². The lowest BCUT2D eigenvalue weighted by molar-refractivity contribution is -0.135. The van der Waals surface area contributed by atoms with E-state index in [9.17, 15) is 9.59 Å². The molecule has 2 unspecified atom stereocenters. The van der Waals surface area contributed by atoms with Crippen molar-refractivity contribution in [1.82, 2.24) is 14.9 Å². The van der Waals surface area contributed by atoms with Crippen LogP contribution in [0, 0.1) is 17.8 Å². The number of carbonyl (C=O) groups excluding carboxylic acids is 2. The number of rotatable bonds is 5. The van der Waals surface area contributed by atoms with E-state index in [2.05, 4.69) is 44.5 Å². The van der Waals surface area contributed by atoms with Crippen molar-refractivity contribution < 1.29 is 14.3 Å². The molecular formula is C34H33ClN4O3. The molecule has 2 aliphatic carbocycles. The number of amides is 2. The smallest absolute Gasteiger partial charge is 0.226 e. The van der Waals surface area contributed by atoms with Gasteiger partial charge in [0.2, 0.25) is 11.8 Å². The SMILES string of the molecule is O=C(CC1CC2(CCN(C(=O)C3[C@H]4COC[C@@H]34)CC2)c2ccccc21)Nc1ccc(-c2nc3ccc(Cl)cc3[nH]2)cc1. The molecular weight excluding hydrogens is 548 g/mol. The minimum absolute atomic E-state index is 0.0214. The average molecular weight is 581 g/mol. The zero-order valence-electron chi connectivity index (χ0n) is 23.3. The summed E-state index contributed by atoms with van der Waals surface area (Å²) in [7, 11) is 0. The van der Waals surface area contributed by atoms with E-state index in [1.54, 1.807) is 0 Å². The standard InChI is InChI=1S/C34H33ClN4O3/c35-22-7-10-28-29(16-22)38-32(37-28)20-5-8-23(9-6-20)36-30(40)15-21-17-34(27-4-2-1-3-24(21)27)11-13-39(14-12-34)33(41)31-25-18-42-19-26(25)31/h1-10,16,21,25-26,31H,11-15,17-19H2,(H,36,40)(H,37,38)/t21?,25-,26+,31?. The predicted octanol–water partition coefficient (Wildman–Crippen LogP) is 6.15. The molecule has 2 N–H and O–H groups in total. The second-order valence-electron chi connectivity index (χ2n) is 12.6. The van der Waals surface area contributed by atoms with Gasteiger partial charge in [-0.25, -0.2) is 4.98 Å². The number of hydrogen-bond donors (Lipinski definition) is 2. The van der Waals surface area contributed by atoms with Gasteiger partial charge in [0.15, 0.2) is 0 Å². The summed E-state index contributed by atoms with van der Waals surface area (Å²) in [6, 6.07) is 22.0. The molecule has 4 aliphatic rings. The highest BCUT2D eigenvalue weighted by molar-refractivity contribution is 6.31. The van der Waals surface area contributed by atoms with E-state index in [-0.39, 0.29) is 23.2 Å². The van der Waals surface area contributed by atoms with Crippen LogP contribution < -0.4 is 5.32 Å². The first-order valence-corrected chi connectivity index (χ1v) is 15.4. The summed E-state index contributed by atoms with van der Waals surface area (Å²) in [6.45, 7) is 3.09. The Kier molecular flexibility index (Phi) is 6.16. The second kappa shape index (κ2) is 9.96. The van der Waals surface area contributed by atoms with Crippen molar-refractivity contribution in [3.63, 3.8) is 0 Å². The number of fused-ring (bicyclic) bond motifs is 4. The number of piperidine rings is 1. The van der Waals surface area contributed by atoms with E-state index in [4.69, 9.17) is 16.3 Å².